The third-order valence-electron chi connectivity index (χ3n) is 6.45. The van der Waals surface area contributed by atoms with Gasteiger partial charge >= 0.3 is 0 Å². The molecule has 9 nitrogen and oxygen atoms in total. The number of hydrogen-bond donors (Lipinski definition) is 1. The van der Waals surface area contributed by atoms with Gasteiger partial charge in [-0.25, -0.2) is 4.68 Å². The number of methoxy groups -OCH3 is 3. The van der Waals surface area contributed by atoms with Crippen molar-refractivity contribution < 1.29 is 23.8 Å². The maximum atomic E-state index is 13.5. The molecule has 1 aromatic heterocycles. The Balaban J connectivity index is 1.67. The Bertz CT molecular complexity index is 1470. The van der Waals surface area contributed by atoms with Crippen LogP contribution in [0.3, 0.4) is 0 Å². The topological polar surface area (TPSA) is 94.9 Å². The predicted molar refractivity (Wildman–Crippen MR) is 155 cm³/mol. The quantitative estimate of drug-likeness (QED) is 0.274. The number of nitrogens with zero attached hydrogens (tertiary/aromatic N) is 3. The molecular formula is C31H34N4O5. The van der Waals surface area contributed by atoms with Gasteiger partial charge in [-0.3, -0.25) is 9.59 Å². The summed E-state index contributed by atoms with van der Waals surface area (Å²) in [7, 11) is 4.65. The minimum Gasteiger partial charge on any atom is -0.497 e. The van der Waals surface area contributed by atoms with Gasteiger partial charge in [-0.2, -0.15) is 5.10 Å². The third-order valence-corrected chi connectivity index (χ3v) is 6.45. The summed E-state index contributed by atoms with van der Waals surface area (Å²) < 4.78 is 17.7. The normalized spacial score (nSPS) is 10.6. The fourth-order valence-corrected chi connectivity index (χ4v) is 4.52. The first-order valence-electron chi connectivity index (χ1n) is 13.0. The summed E-state index contributed by atoms with van der Waals surface area (Å²) >= 11 is 0. The average Bonchev–Trinajstić information content (AvgIpc) is 3.31. The summed E-state index contributed by atoms with van der Waals surface area (Å²) in [5, 5.41) is 7.81. The van der Waals surface area contributed by atoms with Crippen molar-refractivity contribution in [3.8, 4) is 34.1 Å². The van der Waals surface area contributed by atoms with Crippen molar-refractivity contribution in [2.24, 2.45) is 0 Å². The molecule has 40 heavy (non-hydrogen) atoms. The van der Waals surface area contributed by atoms with Gasteiger partial charge in [0.2, 0.25) is 5.91 Å². The molecule has 9 heteroatoms. The Morgan fingerprint density at radius 1 is 0.900 bits per heavy atom. The lowest BCUT2D eigenvalue weighted by molar-refractivity contribution is -0.116. The lowest BCUT2D eigenvalue weighted by atomic mass is 10.1. The highest BCUT2D eigenvalue weighted by atomic mass is 16.5. The number of hydrogen-bond acceptors (Lipinski definition) is 6. The molecule has 2 amide bonds. The van der Waals surface area contributed by atoms with E-state index in [1.54, 1.807) is 37.1 Å². The molecule has 0 aliphatic rings. The lowest BCUT2D eigenvalue weighted by Crippen LogP contribution is -2.39. The van der Waals surface area contributed by atoms with E-state index in [9.17, 15) is 9.59 Å². The summed E-state index contributed by atoms with van der Waals surface area (Å²) in [6.45, 7) is 4.10. The minimum absolute atomic E-state index is 0.150. The number of carbonyl (C=O) groups excluding carboxylic acids is 2. The van der Waals surface area contributed by atoms with Crippen LogP contribution in [0.25, 0.3) is 16.8 Å². The zero-order chi connectivity index (χ0) is 28.6. The van der Waals surface area contributed by atoms with Gasteiger partial charge in [0, 0.05) is 18.2 Å². The van der Waals surface area contributed by atoms with Crippen molar-refractivity contribution in [3.05, 3.63) is 84.1 Å². The van der Waals surface area contributed by atoms with Crippen LogP contribution in [0.5, 0.6) is 17.2 Å². The number of benzene rings is 3. The average molecular weight is 543 g/mol. The second-order valence-electron chi connectivity index (χ2n) is 9.13. The number of carbonyl (C=O) groups is 2. The van der Waals surface area contributed by atoms with E-state index in [0.717, 1.165) is 22.5 Å². The number of anilines is 1. The third kappa shape index (κ3) is 6.09. The van der Waals surface area contributed by atoms with Gasteiger partial charge in [0.15, 0.2) is 0 Å². The van der Waals surface area contributed by atoms with Crippen molar-refractivity contribution in [2.75, 3.05) is 39.7 Å². The maximum absolute atomic E-state index is 13.5. The van der Waals surface area contributed by atoms with Gasteiger partial charge in [0.25, 0.3) is 5.91 Å². The van der Waals surface area contributed by atoms with Gasteiger partial charge in [-0.1, -0.05) is 37.3 Å². The lowest BCUT2D eigenvalue weighted by Gasteiger charge is -2.23. The molecule has 0 spiro atoms. The summed E-state index contributed by atoms with van der Waals surface area (Å²) in [5.74, 6) is 1.53. The van der Waals surface area contributed by atoms with Crippen molar-refractivity contribution in [1.29, 1.82) is 0 Å². The fourth-order valence-electron chi connectivity index (χ4n) is 4.52. The van der Waals surface area contributed by atoms with Crippen LogP contribution in [0.4, 0.5) is 5.82 Å². The van der Waals surface area contributed by atoms with E-state index in [1.807, 2.05) is 68.4 Å². The second-order valence-corrected chi connectivity index (χ2v) is 9.13. The first-order valence-corrected chi connectivity index (χ1v) is 13.0. The molecule has 208 valence electrons. The van der Waals surface area contributed by atoms with Gasteiger partial charge in [0.05, 0.1) is 38.3 Å². The Morgan fingerprint density at radius 3 is 2.20 bits per heavy atom. The minimum atomic E-state index is -0.346. The van der Waals surface area contributed by atoms with Crippen molar-refractivity contribution in [2.45, 2.75) is 20.3 Å². The Kier molecular flexibility index (Phi) is 9.06. The largest absolute Gasteiger partial charge is 0.497 e. The van der Waals surface area contributed by atoms with E-state index in [0.29, 0.717) is 41.6 Å². The van der Waals surface area contributed by atoms with E-state index in [1.165, 1.54) is 12.0 Å². The summed E-state index contributed by atoms with van der Waals surface area (Å²) in [5.41, 5.74) is 3.58. The van der Waals surface area contributed by atoms with Crippen molar-refractivity contribution in [3.63, 3.8) is 0 Å². The summed E-state index contributed by atoms with van der Waals surface area (Å²) in [6, 6.07) is 22.2. The molecule has 1 heterocycles. The smallest absolute Gasteiger partial charge is 0.258 e. The van der Waals surface area contributed by atoms with E-state index in [2.05, 4.69) is 5.32 Å². The van der Waals surface area contributed by atoms with Crippen LogP contribution in [-0.2, 0) is 4.79 Å². The molecule has 0 unspecified atom stereocenters. The SMILES string of the molecule is CCCN(CC(=O)Nc1c(-c2ccccc2)c(C)nn1-c1ccc(OC)cc1)C(=O)c1ccc(OC)cc1OC. The molecule has 0 saturated heterocycles. The van der Waals surface area contributed by atoms with E-state index >= 15 is 0 Å². The molecule has 0 bridgehead atoms. The molecule has 0 radical (unpaired) electrons. The summed E-state index contributed by atoms with van der Waals surface area (Å²) in [4.78, 5) is 28.6. The zero-order valence-electron chi connectivity index (χ0n) is 23.4. The number of aryl methyl sites for hydroxylation is 1. The number of rotatable bonds is 11. The Morgan fingerprint density at radius 2 is 1.57 bits per heavy atom. The van der Waals surface area contributed by atoms with Gasteiger partial charge in [-0.15, -0.1) is 0 Å². The van der Waals surface area contributed by atoms with Crippen molar-refractivity contribution >= 4 is 17.6 Å². The number of aromatic nitrogens is 2. The first-order chi connectivity index (χ1) is 19.4. The number of nitrogens with one attached hydrogen (secondary N) is 1. The van der Waals surface area contributed by atoms with Crippen LogP contribution in [0, 0.1) is 6.92 Å². The highest BCUT2D eigenvalue weighted by Crippen LogP contribution is 2.34. The number of amides is 2. The molecule has 0 aliphatic heterocycles. The van der Waals surface area contributed by atoms with Crippen LogP contribution in [0.1, 0.15) is 29.4 Å². The van der Waals surface area contributed by atoms with Gasteiger partial charge < -0.3 is 24.4 Å². The molecular weight excluding hydrogens is 508 g/mol. The van der Waals surface area contributed by atoms with Crippen LogP contribution >= 0.6 is 0 Å². The standard InChI is InChI=1S/C31H34N4O5/c1-6-18-34(31(37)26-17-16-25(39-4)19-27(26)40-5)20-28(36)32-30-29(22-10-8-7-9-11-22)21(2)33-35(30)23-12-14-24(38-3)15-13-23/h7-17,19H,6,18,20H2,1-5H3,(H,32,36). The Hall–Kier alpha value is -4.79. The maximum Gasteiger partial charge on any atom is 0.258 e. The summed E-state index contributed by atoms with van der Waals surface area (Å²) in [6.07, 6.45) is 0.676. The van der Waals surface area contributed by atoms with Crippen LogP contribution in [-0.4, -0.2) is 60.9 Å². The fraction of sp³-hybridized carbons (Fsp3) is 0.258. The molecule has 4 aromatic rings. The molecule has 4 rings (SSSR count). The first kappa shape index (κ1) is 28.2. The molecule has 1 N–H and O–H groups in total. The van der Waals surface area contributed by atoms with Gasteiger partial charge in [0.1, 0.15) is 29.6 Å². The highest BCUT2D eigenvalue weighted by molar-refractivity contribution is 6.02. The van der Waals surface area contributed by atoms with Gasteiger partial charge in [-0.05, 0) is 55.3 Å². The molecule has 0 atom stereocenters. The molecule has 0 saturated carbocycles. The molecule has 0 fully saturated rings. The van der Waals surface area contributed by atoms with E-state index in [-0.39, 0.29) is 18.4 Å². The zero-order valence-corrected chi connectivity index (χ0v) is 23.4. The van der Waals surface area contributed by atoms with Crippen molar-refractivity contribution in [1.82, 2.24) is 14.7 Å². The van der Waals surface area contributed by atoms with E-state index in [4.69, 9.17) is 19.3 Å². The highest BCUT2D eigenvalue weighted by Gasteiger charge is 2.25. The second kappa shape index (κ2) is 12.8. The van der Waals surface area contributed by atoms with Crippen LogP contribution in [0.2, 0.25) is 0 Å². The Labute approximate surface area is 234 Å². The predicted octanol–water partition coefficient (Wildman–Crippen LogP) is 5.36. The van der Waals surface area contributed by atoms with Crippen LogP contribution < -0.4 is 19.5 Å². The van der Waals surface area contributed by atoms with Crippen LogP contribution in [0.15, 0.2) is 72.8 Å². The monoisotopic (exact) mass is 542 g/mol. The number of ether oxygens (including phenoxy) is 3. The molecule has 0 aliphatic carbocycles. The van der Waals surface area contributed by atoms with E-state index < -0.39 is 0 Å². The molecule has 3 aromatic carbocycles.